The molecule has 1 saturated heterocycles. The average molecular weight is 364 g/mol. The lowest BCUT2D eigenvalue weighted by Crippen LogP contribution is -2.45. The maximum atomic E-state index is 12.3. The zero-order valence-electron chi connectivity index (χ0n) is 13.1. The number of halogens is 1. The lowest BCUT2D eigenvalue weighted by atomic mass is 10.1. The van der Waals surface area contributed by atoms with Gasteiger partial charge in [0, 0.05) is 18.2 Å². The molecule has 0 aliphatic carbocycles. The molecule has 1 amide bonds. The van der Waals surface area contributed by atoms with E-state index in [1.54, 1.807) is 6.07 Å². The van der Waals surface area contributed by atoms with Crippen molar-refractivity contribution >= 4 is 28.3 Å². The third kappa shape index (κ3) is 4.81. The molecule has 0 bridgehead atoms. The number of ether oxygens (including phenoxy) is 1. The van der Waals surface area contributed by atoms with Gasteiger partial charge in [-0.25, -0.2) is 13.1 Å². The highest BCUT2D eigenvalue weighted by molar-refractivity contribution is 7.89. The molecule has 1 aliphatic rings. The standard InChI is InChI=1S/C14H21N3O4S.ClH/c1-15-22(19,20)13-8-10(5-6-12(13)21-2)14(18)17-11-4-3-7-16-9-11;/h5-6,8,11,15-16H,3-4,7,9H2,1-2H3,(H,17,18);1H. The zero-order valence-corrected chi connectivity index (χ0v) is 14.7. The number of carbonyl (C=O) groups excluding carboxylic acids is 1. The molecule has 1 aromatic carbocycles. The first-order valence-electron chi connectivity index (χ1n) is 7.11. The van der Waals surface area contributed by atoms with Crippen LogP contribution in [0.3, 0.4) is 0 Å². The van der Waals surface area contributed by atoms with Gasteiger partial charge in [-0.3, -0.25) is 4.79 Å². The van der Waals surface area contributed by atoms with Crippen molar-refractivity contribution in [3.8, 4) is 5.75 Å². The number of methoxy groups -OCH3 is 1. The van der Waals surface area contributed by atoms with E-state index in [2.05, 4.69) is 15.4 Å². The van der Waals surface area contributed by atoms with Crippen molar-refractivity contribution in [3.05, 3.63) is 23.8 Å². The third-order valence-electron chi connectivity index (χ3n) is 3.62. The minimum absolute atomic E-state index is 0. The molecule has 1 fully saturated rings. The number of nitrogens with one attached hydrogen (secondary N) is 3. The van der Waals surface area contributed by atoms with Gasteiger partial charge in [0.1, 0.15) is 10.6 Å². The minimum Gasteiger partial charge on any atom is -0.495 e. The molecular formula is C14H22ClN3O4S. The van der Waals surface area contributed by atoms with E-state index in [1.165, 1.54) is 26.3 Å². The zero-order chi connectivity index (χ0) is 16.2. The molecule has 0 aromatic heterocycles. The van der Waals surface area contributed by atoms with Crippen LogP contribution in [0.1, 0.15) is 23.2 Å². The highest BCUT2D eigenvalue weighted by Crippen LogP contribution is 2.24. The van der Waals surface area contributed by atoms with Crippen molar-refractivity contribution < 1.29 is 17.9 Å². The number of piperidine rings is 1. The second-order valence-electron chi connectivity index (χ2n) is 5.09. The highest BCUT2D eigenvalue weighted by Gasteiger charge is 2.21. The van der Waals surface area contributed by atoms with Crippen LogP contribution in [0.25, 0.3) is 0 Å². The Labute approximate surface area is 142 Å². The van der Waals surface area contributed by atoms with Crippen LogP contribution in [-0.2, 0) is 10.0 Å². The fourth-order valence-electron chi connectivity index (χ4n) is 2.38. The van der Waals surface area contributed by atoms with E-state index in [1.807, 2.05) is 0 Å². The maximum absolute atomic E-state index is 12.3. The second-order valence-corrected chi connectivity index (χ2v) is 6.94. The Morgan fingerprint density at radius 1 is 1.39 bits per heavy atom. The lowest BCUT2D eigenvalue weighted by Gasteiger charge is -2.24. The molecule has 0 radical (unpaired) electrons. The molecule has 1 heterocycles. The van der Waals surface area contributed by atoms with Gasteiger partial charge in [-0.15, -0.1) is 12.4 Å². The van der Waals surface area contributed by atoms with Gasteiger partial charge in [0.25, 0.3) is 5.91 Å². The summed E-state index contributed by atoms with van der Waals surface area (Å²) < 4.78 is 31.3. The van der Waals surface area contributed by atoms with Crippen LogP contribution in [0.15, 0.2) is 23.1 Å². The Morgan fingerprint density at radius 3 is 2.70 bits per heavy atom. The van der Waals surface area contributed by atoms with Crippen LogP contribution >= 0.6 is 12.4 Å². The van der Waals surface area contributed by atoms with Crippen LogP contribution in [0.5, 0.6) is 5.75 Å². The van der Waals surface area contributed by atoms with E-state index >= 15 is 0 Å². The van der Waals surface area contributed by atoms with Gasteiger partial charge < -0.3 is 15.4 Å². The Balaban J connectivity index is 0.00000264. The van der Waals surface area contributed by atoms with Gasteiger partial charge in [0.15, 0.2) is 0 Å². The highest BCUT2D eigenvalue weighted by atomic mass is 35.5. The Kier molecular flexibility index (Phi) is 7.27. The maximum Gasteiger partial charge on any atom is 0.251 e. The summed E-state index contributed by atoms with van der Waals surface area (Å²) in [4.78, 5) is 12.2. The first kappa shape index (κ1) is 19.7. The molecular weight excluding hydrogens is 342 g/mol. The Morgan fingerprint density at radius 2 is 2.13 bits per heavy atom. The molecule has 130 valence electrons. The fourth-order valence-corrected chi connectivity index (χ4v) is 3.30. The van der Waals surface area contributed by atoms with E-state index < -0.39 is 10.0 Å². The summed E-state index contributed by atoms with van der Waals surface area (Å²) in [5.74, 6) is -0.0888. The first-order chi connectivity index (χ1) is 10.5. The number of benzene rings is 1. The molecule has 2 rings (SSSR count). The van der Waals surface area contributed by atoms with E-state index in [4.69, 9.17) is 4.74 Å². The molecule has 1 aliphatic heterocycles. The number of hydrogen-bond acceptors (Lipinski definition) is 5. The molecule has 1 aromatic rings. The quantitative estimate of drug-likeness (QED) is 0.708. The average Bonchev–Trinajstić information content (AvgIpc) is 2.55. The molecule has 0 saturated carbocycles. The topological polar surface area (TPSA) is 96.5 Å². The molecule has 9 heteroatoms. The SMILES string of the molecule is CNS(=O)(=O)c1cc(C(=O)NC2CCCNC2)ccc1OC.Cl. The summed E-state index contributed by atoms with van der Waals surface area (Å²) in [5.41, 5.74) is 0.292. The summed E-state index contributed by atoms with van der Waals surface area (Å²) in [6.45, 7) is 1.68. The third-order valence-corrected chi connectivity index (χ3v) is 5.05. The van der Waals surface area contributed by atoms with E-state index in [9.17, 15) is 13.2 Å². The molecule has 3 N–H and O–H groups in total. The predicted octanol–water partition coefficient (Wildman–Crippen LogP) is 0.507. The summed E-state index contributed by atoms with van der Waals surface area (Å²) in [6, 6.07) is 4.43. The van der Waals surface area contributed by atoms with Gasteiger partial charge in [-0.05, 0) is 44.6 Å². The van der Waals surface area contributed by atoms with Gasteiger partial charge in [0.2, 0.25) is 10.0 Å². The van der Waals surface area contributed by atoms with E-state index in [0.29, 0.717) is 5.56 Å². The van der Waals surface area contributed by atoms with Crippen molar-refractivity contribution in [2.45, 2.75) is 23.8 Å². The van der Waals surface area contributed by atoms with Crippen LogP contribution in [0.2, 0.25) is 0 Å². The van der Waals surface area contributed by atoms with Crippen molar-refractivity contribution in [1.29, 1.82) is 0 Å². The van der Waals surface area contributed by atoms with Gasteiger partial charge >= 0.3 is 0 Å². The van der Waals surface area contributed by atoms with Crippen molar-refractivity contribution in [3.63, 3.8) is 0 Å². The Hall–Kier alpha value is -1.35. The van der Waals surface area contributed by atoms with E-state index in [0.717, 1.165) is 25.9 Å². The van der Waals surface area contributed by atoms with Crippen molar-refractivity contribution in [2.75, 3.05) is 27.2 Å². The van der Waals surface area contributed by atoms with E-state index in [-0.39, 0.29) is 35.0 Å². The monoisotopic (exact) mass is 363 g/mol. The first-order valence-corrected chi connectivity index (χ1v) is 8.59. The second kappa shape index (κ2) is 8.49. The minimum atomic E-state index is -3.70. The normalized spacial score (nSPS) is 17.9. The number of sulfonamides is 1. The molecule has 1 atom stereocenters. The summed E-state index contributed by atoms with van der Waals surface area (Å²) >= 11 is 0. The number of carbonyl (C=O) groups is 1. The number of rotatable bonds is 5. The summed E-state index contributed by atoms with van der Waals surface area (Å²) in [6.07, 6.45) is 1.92. The fraction of sp³-hybridized carbons (Fsp3) is 0.500. The lowest BCUT2D eigenvalue weighted by molar-refractivity contribution is 0.0930. The number of hydrogen-bond donors (Lipinski definition) is 3. The largest absolute Gasteiger partial charge is 0.495 e. The van der Waals surface area contributed by atoms with Gasteiger partial charge in [-0.2, -0.15) is 0 Å². The van der Waals surface area contributed by atoms with Crippen LogP contribution < -0.4 is 20.1 Å². The molecule has 7 nitrogen and oxygen atoms in total. The van der Waals surface area contributed by atoms with Crippen LogP contribution in [0.4, 0.5) is 0 Å². The predicted molar refractivity (Wildman–Crippen MR) is 89.8 cm³/mol. The van der Waals surface area contributed by atoms with Crippen molar-refractivity contribution in [2.24, 2.45) is 0 Å². The summed E-state index contributed by atoms with van der Waals surface area (Å²) in [5, 5.41) is 6.13. The van der Waals surface area contributed by atoms with Gasteiger partial charge in [-0.1, -0.05) is 0 Å². The molecule has 23 heavy (non-hydrogen) atoms. The van der Waals surface area contributed by atoms with Gasteiger partial charge in [0.05, 0.1) is 7.11 Å². The molecule has 0 spiro atoms. The summed E-state index contributed by atoms with van der Waals surface area (Å²) in [7, 11) is -0.996. The Bertz CT molecular complexity index is 645. The molecule has 1 unspecified atom stereocenters. The van der Waals surface area contributed by atoms with Crippen molar-refractivity contribution in [1.82, 2.24) is 15.4 Å². The van der Waals surface area contributed by atoms with Crippen LogP contribution in [-0.4, -0.2) is 47.6 Å². The number of amides is 1. The smallest absolute Gasteiger partial charge is 0.251 e. The van der Waals surface area contributed by atoms with Crippen LogP contribution in [0, 0.1) is 0 Å².